The molecule has 1 atom stereocenters. The fourth-order valence-corrected chi connectivity index (χ4v) is 4.89. The standard InChI is InChI=1S/C25H30N2O3S/c1-18-6-4-16-27(18)17-5-7-24-19(2)30-25(26-24)22-10-8-20(9-11-22)21-12-14-23(15-13-21)31(3,28)29/h8-15,18H,4-7,16-17H2,1-3H3/t18-/m1/s1. The number of hydrogen-bond acceptors (Lipinski definition) is 5. The number of oxazole rings is 1. The Kier molecular flexibility index (Phi) is 6.30. The average molecular weight is 439 g/mol. The molecule has 0 radical (unpaired) electrons. The van der Waals surface area contributed by atoms with Crippen LogP contribution >= 0.6 is 0 Å². The minimum atomic E-state index is -3.18. The summed E-state index contributed by atoms with van der Waals surface area (Å²) in [6.45, 7) is 6.64. The Morgan fingerprint density at radius 1 is 1.03 bits per heavy atom. The quantitative estimate of drug-likeness (QED) is 0.511. The number of aromatic nitrogens is 1. The normalized spacial score (nSPS) is 17.3. The summed E-state index contributed by atoms with van der Waals surface area (Å²) in [4.78, 5) is 7.65. The average Bonchev–Trinajstić information content (AvgIpc) is 3.33. The van der Waals surface area contributed by atoms with Crippen LogP contribution in [0.4, 0.5) is 0 Å². The zero-order valence-corrected chi connectivity index (χ0v) is 19.3. The first-order valence-corrected chi connectivity index (χ1v) is 12.8. The second-order valence-corrected chi connectivity index (χ2v) is 10.5. The van der Waals surface area contributed by atoms with E-state index in [0.29, 0.717) is 16.8 Å². The largest absolute Gasteiger partial charge is 0.441 e. The molecule has 0 saturated carbocycles. The summed E-state index contributed by atoms with van der Waals surface area (Å²) in [5, 5.41) is 0. The monoisotopic (exact) mass is 438 g/mol. The zero-order chi connectivity index (χ0) is 22.0. The maximum atomic E-state index is 11.6. The third-order valence-corrected chi connectivity index (χ3v) is 7.32. The van der Waals surface area contributed by atoms with E-state index in [-0.39, 0.29) is 0 Å². The van der Waals surface area contributed by atoms with Crippen LogP contribution in [0.3, 0.4) is 0 Å². The summed E-state index contributed by atoms with van der Waals surface area (Å²) in [5.74, 6) is 1.55. The maximum Gasteiger partial charge on any atom is 0.226 e. The lowest BCUT2D eigenvalue weighted by molar-refractivity contribution is 0.265. The van der Waals surface area contributed by atoms with Crippen LogP contribution < -0.4 is 0 Å². The number of nitrogens with zero attached hydrogens (tertiary/aromatic N) is 2. The molecule has 2 heterocycles. The van der Waals surface area contributed by atoms with E-state index in [1.54, 1.807) is 12.1 Å². The molecule has 0 unspecified atom stereocenters. The minimum absolute atomic E-state index is 0.329. The summed E-state index contributed by atoms with van der Waals surface area (Å²) < 4.78 is 29.2. The van der Waals surface area contributed by atoms with Crippen molar-refractivity contribution in [2.24, 2.45) is 0 Å². The summed E-state index contributed by atoms with van der Waals surface area (Å²) in [6.07, 6.45) is 5.87. The van der Waals surface area contributed by atoms with E-state index in [2.05, 4.69) is 11.8 Å². The van der Waals surface area contributed by atoms with Gasteiger partial charge in [0, 0.05) is 17.9 Å². The first kappa shape index (κ1) is 21.8. The molecule has 2 aromatic carbocycles. The van der Waals surface area contributed by atoms with Gasteiger partial charge in [0.05, 0.1) is 10.6 Å². The van der Waals surface area contributed by atoms with Gasteiger partial charge in [-0.3, -0.25) is 0 Å². The molecule has 4 rings (SSSR count). The van der Waals surface area contributed by atoms with Crippen LogP contribution in [0, 0.1) is 6.92 Å². The molecule has 3 aromatic rings. The molecule has 31 heavy (non-hydrogen) atoms. The number of likely N-dealkylation sites (tertiary alicyclic amines) is 1. The van der Waals surface area contributed by atoms with Gasteiger partial charge < -0.3 is 9.32 Å². The second-order valence-electron chi connectivity index (χ2n) is 8.53. The smallest absolute Gasteiger partial charge is 0.226 e. The van der Waals surface area contributed by atoms with Crippen molar-refractivity contribution < 1.29 is 12.8 Å². The van der Waals surface area contributed by atoms with Gasteiger partial charge in [0.15, 0.2) is 9.84 Å². The predicted octanol–water partition coefficient (Wildman–Crippen LogP) is 5.14. The summed E-state index contributed by atoms with van der Waals surface area (Å²) >= 11 is 0. The molecule has 1 aliphatic heterocycles. The van der Waals surface area contributed by atoms with E-state index < -0.39 is 9.84 Å². The van der Waals surface area contributed by atoms with Crippen LogP contribution in [0.2, 0.25) is 0 Å². The van der Waals surface area contributed by atoms with Crippen LogP contribution in [-0.4, -0.2) is 43.7 Å². The Bertz CT molecular complexity index is 1130. The fourth-order valence-electron chi connectivity index (χ4n) is 4.26. The van der Waals surface area contributed by atoms with E-state index in [9.17, 15) is 8.42 Å². The molecule has 6 heteroatoms. The van der Waals surface area contributed by atoms with Gasteiger partial charge in [-0.2, -0.15) is 0 Å². The molecule has 0 amide bonds. The molecule has 1 aliphatic rings. The fraction of sp³-hybridized carbons (Fsp3) is 0.400. The van der Waals surface area contributed by atoms with Gasteiger partial charge in [0.1, 0.15) is 5.76 Å². The molecule has 5 nitrogen and oxygen atoms in total. The molecular weight excluding hydrogens is 408 g/mol. The molecule has 164 valence electrons. The molecule has 0 aliphatic carbocycles. The Morgan fingerprint density at radius 3 is 2.23 bits per heavy atom. The first-order chi connectivity index (χ1) is 14.8. The Hall–Kier alpha value is -2.44. The molecule has 0 bridgehead atoms. The van der Waals surface area contributed by atoms with E-state index in [0.717, 1.165) is 47.5 Å². The van der Waals surface area contributed by atoms with Crippen LogP contribution in [0.15, 0.2) is 57.8 Å². The molecule has 0 N–H and O–H groups in total. The molecular formula is C25H30N2O3S. The summed E-state index contributed by atoms with van der Waals surface area (Å²) in [5.41, 5.74) is 3.98. The number of benzene rings is 2. The highest BCUT2D eigenvalue weighted by Gasteiger charge is 2.20. The number of rotatable bonds is 7. The van der Waals surface area contributed by atoms with Gasteiger partial charge in [-0.1, -0.05) is 24.3 Å². The van der Waals surface area contributed by atoms with Gasteiger partial charge in [0.25, 0.3) is 0 Å². The van der Waals surface area contributed by atoms with Crippen LogP contribution in [0.1, 0.15) is 37.6 Å². The maximum absolute atomic E-state index is 11.6. The van der Waals surface area contributed by atoms with Crippen molar-refractivity contribution in [3.63, 3.8) is 0 Å². The highest BCUT2D eigenvalue weighted by molar-refractivity contribution is 7.90. The Morgan fingerprint density at radius 2 is 1.65 bits per heavy atom. The summed E-state index contributed by atoms with van der Waals surface area (Å²) in [7, 11) is -3.18. The van der Waals surface area contributed by atoms with Crippen LogP contribution in [0.25, 0.3) is 22.6 Å². The Balaban J connectivity index is 1.42. The van der Waals surface area contributed by atoms with Gasteiger partial charge in [0.2, 0.25) is 5.89 Å². The highest BCUT2D eigenvalue weighted by Crippen LogP contribution is 2.27. The third-order valence-electron chi connectivity index (χ3n) is 6.19. The van der Waals surface area contributed by atoms with Crippen molar-refractivity contribution in [1.82, 2.24) is 9.88 Å². The van der Waals surface area contributed by atoms with Crippen molar-refractivity contribution in [3.8, 4) is 22.6 Å². The molecule has 1 fully saturated rings. The number of hydrogen-bond donors (Lipinski definition) is 0. The lowest BCUT2D eigenvalue weighted by atomic mass is 10.0. The topological polar surface area (TPSA) is 63.4 Å². The van der Waals surface area contributed by atoms with E-state index in [1.165, 1.54) is 25.6 Å². The first-order valence-electron chi connectivity index (χ1n) is 10.9. The third kappa shape index (κ3) is 5.08. The van der Waals surface area contributed by atoms with Crippen LogP contribution in [0.5, 0.6) is 0 Å². The number of sulfone groups is 1. The molecule has 1 saturated heterocycles. The van der Waals surface area contributed by atoms with Crippen molar-refractivity contribution in [3.05, 3.63) is 60.0 Å². The van der Waals surface area contributed by atoms with Crippen molar-refractivity contribution in [2.75, 3.05) is 19.3 Å². The van der Waals surface area contributed by atoms with E-state index >= 15 is 0 Å². The van der Waals surface area contributed by atoms with Crippen molar-refractivity contribution >= 4 is 9.84 Å². The number of aryl methyl sites for hydroxylation is 2. The van der Waals surface area contributed by atoms with Crippen molar-refractivity contribution in [2.45, 2.75) is 50.5 Å². The zero-order valence-electron chi connectivity index (χ0n) is 18.5. The van der Waals surface area contributed by atoms with E-state index in [4.69, 9.17) is 9.40 Å². The predicted molar refractivity (Wildman–Crippen MR) is 124 cm³/mol. The van der Waals surface area contributed by atoms with E-state index in [1.807, 2.05) is 43.3 Å². The minimum Gasteiger partial charge on any atom is -0.441 e. The van der Waals surface area contributed by atoms with Crippen molar-refractivity contribution in [1.29, 1.82) is 0 Å². The molecule has 1 aromatic heterocycles. The Labute approximate surface area is 185 Å². The second kappa shape index (κ2) is 8.97. The molecule has 0 spiro atoms. The lowest BCUT2D eigenvalue weighted by Gasteiger charge is -2.20. The summed E-state index contributed by atoms with van der Waals surface area (Å²) in [6, 6.07) is 15.7. The van der Waals surface area contributed by atoms with Gasteiger partial charge >= 0.3 is 0 Å². The lowest BCUT2D eigenvalue weighted by Crippen LogP contribution is -2.28. The SMILES string of the molecule is Cc1oc(-c2ccc(-c3ccc(S(C)(=O)=O)cc3)cc2)nc1CCCN1CCC[C@H]1C. The van der Waals surface area contributed by atoms with Crippen LogP contribution in [-0.2, 0) is 16.3 Å². The van der Waals surface area contributed by atoms with Gasteiger partial charge in [-0.05, 0) is 88.0 Å². The van der Waals surface area contributed by atoms with Gasteiger partial charge in [-0.15, -0.1) is 0 Å². The van der Waals surface area contributed by atoms with Gasteiger partial charge in [-0.25, -0.2) is 13.4 Å². The highest BCUT2D eigenvalue weighted by atomic mass is 32.2.